The number of pyridine rings is 3. The molecule has 4 aromatic rings. The number of ether oxygens (including phenoxy) is 2. The Hall–Kier alpha value is -4.02. The second-order valence-corrected chi connectivity index (χ2v) is 10.4. The summed E-state index contributed by atoms with van der Waals surface area (Å²) in [6.45, 7) is 2.07. The fraction of sp³-hybridized carbons (Fsp3) is 0.286. The van der Waals surface area contributed by atoms with Gasteiger partial charge in [-0.25, -0.2) is 9.78 Å². The Bertz CT molecular complexity index is 1660. The van der Waals surface area contributed by atoms with Crippen molar-refractivity contribution >= 4 is 51.6 Å². The summed E-state index contributed by atoms with van der Waals surface area (Å²) in [4.78, 5) is 36.2. The smallest absolute Gasteiger partial charge is 0.341 e. The number of anilines is 2. The topological polar surface area (TPSA) is 119 Å². The predicted molar refractivity (Wildman–Crippen MR) is 153 cm³/mol. The number of hydrogen-bond acceptors (Lipinski definition) is 8. The molecule has 40 heavy (non-hydrogen) atoms. The molecule has 6 heterocycles. The number of nitrogens with one attached hydrogen (secondary N) is 1. The van der Waals surface area contributed by atoms with Gasteiger partial charge in [-0.05, 0) is 49.6 Å². The lowest BCUT2D eigenvalue weighted by atomic mass is 10.1. The van der Waals surface area contributed by atoms with E-state index in [2.05, 4.69) is 20.2 Å². The lowest BCUT2D eigenvalue weighted by Gasteiger charge is -2.28. The van der Waals surface area contributed by atoms with Gasteiger partial charge in [-0.3, -0.25) is 4.79 Å². The quantitative estimate of drug-likeness (QED) is 0.319. The van der Waals surface area contributed by atoms with Crippen LogP contribution < -0.4 is 25.1 Å². The SMILES string of the molecule is O=C(O)c1cn2c3cc(c(Cl)cc3c1=O)N1CCC[C@@H]1COc1nc(ccc1Cl)OCCCNc1ccc-2cn1. The molecular weight excluding hydrogens is 557 g/mol. The van der Waals surface area contributed by atoms with Gasteiger partial charge in [0.25, 0.3) is 0 Å². The summed E-state index contributed by atoms with van der Waals surface area (Å²) >= 11 is 13.1. The van der Waals surface area contributed by atoms with Crippen LogP contribution in [0, 0.1) is 0 Å². The molecule has 12 heteroatoms. The first-order valence-electron chi connectivity index (χ1n) is 12.9. The van der Waals surface area contributed by atoms with Crippen LogP contribution >= 0.6 is 23.2 Å². The van der Waals surface area contributed by atoms with Crippen molar-refractivity contribution in [1.82, 2.24) is 14.5 Å². The maximum atomic E-state index is 13.2. The van der Waals surface area contributed by atoms with E-state index in [1.54, 1.807) is 35.0 Å². The predicted octanol–water partition coefficient (Wildman–Crippen LogP) is 5.03. The van der Waals surface area contributed by atoms with Crippen molar-refractivity contribution in [2.75, 3.05) is 36.5 Å². The van der Waals surface area contributed by atoms with E-state index in [0.29, 0.717) is 70.7 Å². The highest BCUT2D eigenvalue weighted by molar-refractivity contribution is 6.34. The monoisotopic (exact) mass is 581 g/mol. The van der Waals surface area contributed by atoms with Crippen molar-refractivity contribution < 1.29 is 19.4 Å². The second kappa shape index (κ2) is 10.9. The van der Waals surface area contributed by atoms with Crippen LogP contribution in [0.25, 0.3) is 16.6 Å². The lowest BCUT2D eigenvalue weighted by Crippen LogP contribution is -2.34. The van der Waals surface area contributed by atoms with Gasteiger partial charge in [-0.2, -0.15) is 4.98 Å². The molecular formula is C28H25Cl2N5O5. The van der Waals surface area contributed by atoms with Crippen LogP contribution in [0.5, 0.6) is 11.8 Å². The Kier molecular flexibility index (Phi) is 7.12. The molecule has 206 valence electrons. The number of hydrogen-bond donors (Lipinski definition) is 2. The van der Waals surface area contributed by atoms with Crippen molar-refractivity contribution in [1.29, 1.82) is 0 Å². The van der Waals surface area contributed by atoms with Crippen molar-refractivity contribution in [2.45, 2.75) is 25.3 Å². The molecule has 0 amide bonds. The third-order valence-electron chi connectivity index (χ3n) is 7.09. The average Bonchev–Trinajstić information content (AvgIpc) is 3.41. The van der Waals surface area contributed by atoms with E-state index < -0.39 is 11.4 Å². The number of carbonyl (C=O) groups is 1. The number of carboxylic acids is 1. The zero-order chi connectivity index (χ0) is 27.8. The fourth-order valence-corrected chi connectivity index (χ4v) is 5.54. The highest BCUT2D eigenvalue weighted by Crippen LogP contribution is 2.36. The molecule has 1 saturated heterocycles. The Balaban J connectivity index is 1.49. The first-order chi connectivity index (χ1) is 19.4. The van der Waals surface area contributed by atoms with E-state index in [-0.39, 0.29) is 17.0 Å². The van der Waals surface area contributed by atoms with Crippen LogP contribution in [0.4, 0.5) is 11.5 Å². The number of halogens is 2. The Labute approximate surface area is 239 Å². The summed E-state index contributed by atoms with van der Waals surface area (Å²) < 4.78 is 13.5. The van der Waals surface area contributed by atoms with Crippen LogP contribution in [0.1, 0.15) is 29.6 Å². The van der Waals surface area contributed by atoms with E-state index in [4.69, 9.17) is 32.7 Å². The Morgan fingerprint density at radius 1 is 1.10 bits per heavy atom. The number of benzene rings is 1. The molecule has 6 bridgehead atoms. The van der Waals surface area contributed by atoms with Gasteiger partial charge < -0.3 is 29.4 Å². The van der Waals surface area contributed by atoms with Gasteiger partial charge in [0.2, 0.25) is 17.2 Å². The van der Waals surface area contributed by atoms with Crippen molar-refractivity contribution in [3.05, 3.63) is 74.6 Å². The molecule has 1 atom stereocenters. The number of aromatic nitrogens is 3. The summed E-state index contributed by atoms with van der Waals surface area (Å²) in [5.41, 5.74) is 0.884. The molecule has 3 aliphatic heterocycles. The first-order valence-corrected chi connectivity index (χ1v) is 13.7. The highest BCUT2D eigenvalue weighted by atomic mass is 35.5. The van der Waals surface area contributed by atoms with Gasteiger partial charge in [0, 0.05) is 30.7 Å². The molecule has 2 N–H and O–H groups in total. The maximum Gasteiger partial charge on any atom is 0.341 e. The van der Waals surface area contributed by atoms with Crippen molar-refractivity contribution in [3.63, 3.8) is 0 Å². The second-order valence-electron chi connectivity index (χ2n) is 9.64. The van der Waals surface area contributed by atoms with Gasteiger partial charge in [0.15, 0.2) is 0 Å². The molecule has 3 aliphatic rings. The summed E-state index contributed by atoms with van der Waals surface area (Å²) in [7, 11) is 0. The number of aromatic carboxylic acids is 1. The van der Waals surface area contributed by atoms with Crippen LogP contribution in [0.15, 0.2) is 53.6 Å². The zero-order valence-corrected chi connectivity index (χ0v) is 22.8. The molecule has 0 unspecified atom stereocenters. The Morgan fingerprint density at radius 2 is 1.98 bits per heavy atom. The average molecular weight is 582 g/mol. The van der Waals surface area contributed by atoms with Crippen LogP contribution in [-0.2, 0) is 0 Å². The molecule has 0 spiro atoms. The van der Waals surface area contributed by atoms with E-state index in [1.807, 2.05) is 12.1 Å². The molecule has 3 aromatic heterocycles. The van der Waals surface area contributed by atoms with Gasteiger partial charge >= 0.3 is 5.97 Å². The fourth-order valence-electron chi connectivity index (χ4n) is 5.11. The minimum Gasteiger partial charge on any atom is -0.478 e. The standard InChI is InChI=1S/C28H25Cl2N5O5/c29-20-5-7-25-33-27(20)40-15-17-3-1-9-34(17)23-12-22-18(11-21(23)30)26(36)19(28(37)38)14-35(22)16-4-6-24(32-13-16)31-8-2-10-39-25/h4-7,11-14,17H,1-3,8-10,15H2,(H,31,32)(H,37,38)/t17-/m1/s1. The lowest BCUT2D eigenvalue weighted by molar-refractivity contribution is 0.0695. The summed E-state index contributed by atoms with van der Waals surface area (Å²) in [6.07, 6.45) is 5.42. The molecule has 1 fully saturated rings. The molecule has 7 rings (SSSR count). The molecule has 0 radical (unpaired) electrons. The van der Waals surface area contributed by atoms with E-state index in [9.17, 15) is 14.7 Å². The van der Waals surface area contributed by atoms with Gasteiger partial charge in [-0.1, -0.05) is 23.2 Å². The number of rotatable bonds is 1. The molecule has 10 nitrogen and oxygen atoms in total. The third kappa shape index (κ3) is 5.00. The maximum absolute atomic E-state index is 13.2. The molecule has 0 saturated carbocycles. The largest absolute Gasteiger partial charge is 0.478 e. The van der Waals surface area contributed by atoms with E-state index in [1.165, 1.54) is 6.20 Å². The molecule has 0 aliphatic carbocycles. The highest BCUT2D eigenvalue weighted by Gasteiger charge is 2.29. The van der Waals surface area contributed by atoms with Gasteiger partial charge in [0.05, 0.1) is 40.8 Å². The van der Waals surface area contributed by atoms with Gasteiger partial charge in [-0.15, -0.1) is 0 Å². The minimum atomic E-state index is -1.32. The summed E-state index contributed by atoms with van der Waals surface area (Å²) in [5, 5.41) is 13.9. The number of carboxylic acid groups (broad SMARTS) is 1. The van der Waals surface area contributed by atoms with Crippen LogP contribution in [-0.4, -0.2) is 58.0 Å². The van der Waals surface area contributed by atoms with E-state index >= 15 is 0 Å². The summed E-state index contributed by atoms with van der Waals surface area (Å²) in [5.74, 6) is 0.0486. The normalized spacial score (nSPS) is 17.1. The van der Waals surface area contributed by atoms with Crippen LogP contribution in [0.2, 0.25) is 10.0 Å². The minimum absolute atomic E-state index is 0.0338. The van der Waals surface area contributed by atoms with Crippen LogP contribution in [0.3, 0.4) is 0 Å². The van der Waals surface area contributed by atoms with Crippen molar-refractivity contribution in [2.24, 2.45) is 0 Å². The van der Waals surface area contributed by atoms with E-state index in [0.717, 1.165) is 19.4 Å². The first kappa shape index (κ1) is 26.2. The van der Waals surface area contributed by atoms with Crippen molar-refractivity contribution in [3.8, 4) is 17.4 Å². The van der Waals surface area contributed by atoms with Gasteiger partial charge in [0.1, 0.15) is 23.0 Å². The third-order valence-corrected chi connectivity index (χ3v) is 7.68. The zero-order valence-electron chi connectivity index (χ0n) is 21.3. The number of nitrogens with zero attached hydrogens (tertiary/aromatic N) is 4. The molecule has 1 aromatic carbocycles. The summed E-state index contributed by atoms with van der Waals surface area (Å²) in [6, 6.07) is 10.4. The Morgan fingerprint density at radius 3 is 2.77 bits per heavy atom. The number of fused-ring (bicyclic) bond motifs is 7.